The van der Waals surface area contributed by atoms with Crippen LogP contribution in [-0.2, 0) is 10.8 Å². The molecule has 0 aliphatic rings. The zero-order valence-electron chi connectivity index (χ0n) is 10.9. The first-order chi connectivity index (χ1) is 9.02. The van der Waals surface area contributed by atoms with E-state index in [4.69, 9.17) is 5.11 Å². The third-order valence-corrected chi connectivity index (χ3v) is 3.99. The van der Waals surface area contributed by atoms with Crippen molar-refractivity contribution < 1.29 is 14.1 Å². The van der Waals surface area contributed by atoms with Crippen LogP contribution >= 0.6 is 11.3 Å². The summed E-state index contributed by atoms with van der Waals surface area (Å²) >= 11 is 1.39. The Bertz CT molecular complexity index is 513. The number of aliphatic hydroxyl groups is 1. The lowest BCUT2D eigenvalue weighted by Crippen LogP contribution is -2.35. The summed E-state index contributed by atoms with van der Waals surface area (Å²) in [4.78, 5) is 12.7. The molecular formula is C13H17NO3S2. The molecule has 2 N–H and O–H groups in total. The first-order valence-electron chi connectivity index (χ1n) is 5.82. The zero-order valence-corrected chi connectivity index (χ0v) is 12.6. The van der Waals surface area contributed by atoms with Crippen LogP contribution in [0.2, 0.25) is 0 Å². The average molecular weight is 299 g/mol. The molecule has 1 amide bonds. The molecule has 0 spiro atoms. The van der Waals surface area contributed by atoms with E-state index in [9.17, 15) is 9.00 Å². The second-order valence-corrected chi connectivity index (χ2v) is 6.48. The van der Waals surface area contributed by atoms with Gasteiger partial charge in [0.1, 0.15) is 0 Å². The Kier molecular flexibility index (Phi) is 6.78. The molecule has 1 aromatic rings. The van der Waals surface area contributed by atoms with Gasteiger partial charge >= 0.3 is 0 Å². The number of nitrogens with one attached hydrogen (secondary N) is 1. The fourth-order valence-electron chi connectivity index (χ4n) is 1.43. The van der Waals surface area contributed by atoms with Crippen molar-refractivity contribution in [1.29, 1.82) is 0 Å². The quantitative estimate of drug-likeness (QED) is 0.797. The maximum absolute atomic E-state index is 11.9. The third-order valence-electron chi connectivity index (χ3n) is 2.17. The minimum atomic E-state index is -0.927. The average Bonchev–Trinajstić information content (AvgIpc) is 2.77. The van der Waals surface area contributed by atoms with Gasteiger partial charge in [0.15, 0.2) is 0 Å². The van der Waals surface area contributed by atoms with Crippen molar-refractivity contribution in [3.63, 3.8) is 0 Å². The normalized spacial score (nSPS) is 13.2. The highest BCUT2D eigenvalue weighted by atomic mass is 32.2. The number of hydrogen-bond acceptors (Lipinski definition) is 4. The van der Waals surface area contributed by atoms with E-state index in [1.807, 2.05) is 6.92 Å². The Morgan fingerprint density at radius 1 is 1.63 bits per heavy atom. The van der Waals surface area contributed by atoms with Gasteiger partial charge in [-0.3, -0.25) is 9.00 Å². The van der Waals surface area contributed by atoms with Crippen molar-refractivity contribution in [2.24, 2.45) is 0 Å². The van der Waals surface area contributed by atoms with Crippen molar-refractivity contribution in [2.45, 2.75) is 19.4 Å². The summed E-state index contributed by atoms with van der Waals surface area (Å²) in [6.07, 6.45) is 2.04. The summed E-state index contributed by atoms with van der Waals surface area (Å²) in [5.41, 5.74) is 0.562. The molecule has 19 heavy (non-hydrogen) atoms. The molecule has 1 heterocycles. The van der Waals surface area contributed by atoms with Gasteiger partial charge in [0.2, 0.25) is 0 Å². The SMILES string of the molecule is CC(CS(C)=O)NC(=O)c1csc(C#CCCO)c1. The van der Waals surface area contributed by atoms with Crippen LogP contribution in [0.5, 0.6) is 0 Å². The Morgan fingerprint density at radius 2 is 2.37 bits per heavy atom. The van der Waals surface area contributed by atoms with Gasteiger partial charge in [0.05, 0.1) is 17.0 Å². The molecular weight excluding hydrogens is 282 g/mol. The molecule has 104 valence electrons. The van der Waals surface area contributed by atoms with Crippen LogP contribution < -0.4 is 5.32 Å². The van der Waals surface area contributed by atoms with Gasteiger partial charge in [-0.05, 0) is 13.0 Å². The molecule has 2 unspecified atom stereocenters. The molecule has 1 rings (SSSR count). The zero-order chi connectivity index (χ0) is 14.3. The number of carbonyl (C=O) groups is 1. The van der Waals surface area contributed by atoms with Crippen LogP contribution in [0.25, 0.3) is 0 Å². The van der Waals surface area contributed by atoms with Crippen molar-refractivity contribution in [3.8, 4) is 11.8 Å². The van der Waals surface area contributed by atoms with Gasteiger partial charge in [-0.25, -0.2) is 0 Å². The number of carbonyl (C=O) groups excluding carboxylic acids is 1. The largest absolute Gasteiger partial charge is 0.395 e. The van der Waals surface area contributed by atoms with Gasteiger partial charge in [0.25, 0.3) is 5.91 Å². The Balaban J connectivity index is 2.59. The summed E-state index contributed by atoms with van der Waals surface area (Å²) in [7, 11) is -0.927. The molecule has 4 nitrogen and oxygen atoms in total. The van der Waals surface area contributed by atoms with Crippen molar-refractivity contribution >= 4 is 28.0 Å². The molecule has 2 atom stereocenters. The predicted octanol–water partition coefficient (Wildman–Crippen LogP) is 0.979. The summed E-state index contributed by atoms with van der Waals surface area (Å²) in [5, 5.41) is 13.2. The highest BCUT2D eigenvalue weighted by Crippen LogP contribution is 2.13. The molecule has 0 aromatic carbocycles. The van der Waals surface area contributed by atoms with E-state index in [1.165, 1.54) is 11.3 Å². The lowest BCUT2D eigenvalue weighted by molar-refractivity contribution is 0.0944. The Hall–Kier alpha value is -1.16. The first-order valence-corrected chi connectivity index (χ1v) is 8.42. The molecule has 0 saturated carbocycles. The first kappa shape index (κ1) is 15.9. The molecule has 0 fully saturated rings. The van der Waals surface area contributed by atoms with Crippen molar-refractivity contribution in [2.75, 3.05) is 18.6 Å². The summed E-state index contributed by atoms with van der Waals surface area (Å²) in [6, 6.07) is 1.60. The fraction of sp³-hybridized carbons (Fsp3) is 0.462. The number of hydrogen-bond donors (Lipinski definition) is 2. The molecule has 1 aromatic heterocycles. The van der Waals surface area contributed by atoms with E-state index in [-0.39, 0.29) is 18.6 Å². The number of thiophene rings is 1. The lowest BCUT2D eigenvalue weighted by Gasteiger charge is -2.11. The van der Waals surface area contributed by atoms with Crippen LogP contribution in [0.3, 0.4) is 0 Å². The van der Waals surface area contributed by atoms with Crippen molar-refractivity contribution in [3.05, 3.63) is 21.9 Å². The van der Waals surface area contributed by atoms with Crippen LogP contribution in [-0.4, -0.2) is 39.9 Å². The third kappa shape index (κ3) is 6.01. The van der Waals surface area contributed by atoms with Gasteiger partial charge in [-0.15, -0.1) is 11.3 Å². The standard InChI is InChI=1S/C13H17NO3S2/c1-10(9-19(2)17)14-13(16)11-7-12(18-8-11)5-3-4-6-15/h7-8,10,15H,4,6,9H2,1-2H3,(H,14,16). The van der Waals surface area contributed by atoms with Crippen LogP contribution in [0.15, 0.2) is 11.4 Å². The van der Waals surface area contributed by atoms with Crippen LogP contribution in [0.1, 0.15) is 28.6 Å². The maximum Gasteiger partial charge on any atom is 0.252 e. The maximum atomic E-state index is 11.9. The monoisotopic (exact) mass is 299 g/mol. The lowest BCUT2D eigenvalue weighted by atomic mass is 10.2. The van der Waals surface area contributed by atoms with Gasteiger partial charge < -0.3 is 10.4 Å². The molecule has 0 aliphatic heterocycles. The van der Waals surface area contributed by atoms with E-state index in [1.54, 1.807) is 17.7 Å². The minimum Gasteiger partial charge on any atom is -0.395 e. The molecule has 6 heteroatoms. The van der Waals surface area contributed by atoms with E-state index < -0.39 is 10.8 Å². The molecule has 0 saturated heterocycles. The second kappa shape index (κ2) is 8.10. The Labute approximate surface area is 119 Å². The summed E-state index contributed by atoms with van der Waals surface area (Å²) in [5.74, 6) is 5.96. The van der Waals surface area contributed by atoms with E-state index in [2.05, 4.69) is 17.2 Å². The smallest absolute Gasteiger partial charge is 0.252 e. The van der Waals surface area contributed by atoms with Gasteiger partial charge in [0, 0.05) is 40.7 Å². The van der Waals surface area contributed by atoms with E-state index in [0.717, 1.165) is 4.88 Å². The topological polar surface area (TPSA) is 66.4 Å². The number of rotatable bonds is 5. The van der Waals surface area contributed by atoms with Gasteiger partial charge in [-0.1, -0.05) is 11.8 Å². The minimum absolute atomic E-state index is 0.0391. The predicted molar refractivity (Wildman–Crippen MR) is 78.8 cm³/mol. The highest BCUT2D eigenvalue weighted by molar-refractivity contribution is 7.84. The number of aliphatic hydroxyl groups excluding tert-OH is 1. The summed E-state index contributed by atoms with van der Waals surface area (Å²) < 4.78 is 11.0. The van der Waals surface area contributed by atoms with E-state index >= 15 is 0 Å². The fourth-order valence-corrected chi connectivity index (χ4v) is 2.97. The van der Waals surface area contributed by atoms with Crippen LogP contribution in [0.4, 0.5) is 0 Å². The molecule has 0 bridgehead atoms. The van der Waals surface area contributed by atoms with E-state index in [0.29, 0.717) is 17.7 Å². The summed E-state index contributed by atoms with van der Waals surface area (Å²) in [6.45, 7) is 1.87. The van der Waals surface area contributed by atoms with Crippen LogP contribution in [0, 0.1) is 11.8 Å². The Morgan fingerprint density at radius 3 is 3.00 bits per heavy atom. The van der Waals surface area contributed by atoms with Gasteiger partial charge in [-0.2, -0.15) is 0 Å². The number of amides is 1. The molecule has 0 aliphatic carbocycles. The highest BCUT2D eigenvalue weighted by Gasteiger charge is 2.12. The second-order valence-electron chi connectivity index (χ2n) is 4.09. The van der Waals surface area contributed by atoms with Crippen molar-refractivity contribution in [1.82, 2.24) is 5.32 Å². The molecule has 0 radical (unpaired) electrons.